The van der Waals surface area contributed by atoms with E-state index in [1.165, 1.54) is 115 Å². The Balaban J connectivity index is 2.26. The maximum atomic E-state index is 2.54. The minimum absolute atomic E-state index is 1.26. The summed E-state index contributed by atoms with van der Waals surface area (Å²) in [5.41, 5.74) is 3.04. The van der Waals surface area contributed by atoms with Crippen LogP contribution >= 0.6 is 0 Å². The number of allylic oxidation sites excluding steroid dienone is 2. The van der Waals surface area contributed by atoms with E-state index in [9.17, 15) is 0 Å². The van der Waals surface area contributed by atoms with Gasteiger partial charge in [-0.1, -0.05) is 134 Å². The van der Waals surface area contributed by atoms with Crippen LogP contribution in [0.3, 0.4) is 0 Å². The average Bonchev–Trinajstić information content (AvgIpc) is 2.71. The van der Waals surface area contributed by atoms with Crippen molar-refractivity contribution in [3.8, 4) is 0 Å². The molecule has 0 heterocycles. The van der Waals surface area contributed by atoms with Gasteiger partial charge in [0.1, 0.15) is 0 Å². The highest BCUT2D eigenvalue weighted by Crippen LogP contribution is 2.23. The molecular weight excluding hydrogens is 324 g/mol. The molecule has 0 radical (unpaired) electrons. The lowest BCUT2D eigenvalue weighted by Gasteiger charge is -2.09. The first-order valence-corrected chi connectivity index (χ1v) is 12.1. The number of unbranched alkanes of at least 4 members (excludes halogenated alkanes) is 14. The van der Waals surface area contributed by atoms with Crippen molar-refractivity contribution < 1.29 is 0 Å². The SMILES string of the molecule is CCCCCCCCC/C=C(\CCCCCCCCCC)c1ccccc1. The lowest BCUT2D eigenvalue weighted by atomic mass is 9.97. The summed E-state index contributed by atoms with van der Waals surface area (Å²) in [6, 6.07) is 11.1. The fourth-order valence-electron chi connectivity index (χ4n) is 3.84. The summed E-state index contributed by atoms with van der Waals surface area (Å²) < 4.78 is 0. The molecule has 0 heteroatoms. The minimum Gasteiger partial charge on any atom is -0.0807 e. The zero-order chi connectivity index (χ0) is 19.4. The van der Waals surface area contributed by atoms with E-state index in [1.54, 1.807) is 5.57 Å². The van der Waals surface area contributed by atoms with Crippen LogP contribution in [-0.4, -0.2) is 0 Å². The van der Waals surface area contributed by atoms with Crippen LogP contribution in [0.2, 0.25) is 0 Å². The van der Waals surface area contributed by atoms with Crippen molar-refractivity contribution in [1.29, 1.82) is 0 Å². The Labute approximate surface area is 170 Å². The zero-order valence-electron chi connectivity index (χ0n) is 18.5. The van der Waals surface area contributed by atoms with E-state index in [4.69, 9.17) is 0 Å². The van der Waals surface area contributed by atoms with Crippen LogP contribution in [0, 0.1) is 0 Å². The third-order valence-corrected chi connectivity index (χ3v) is 5.64. The molecule has 0 nitrogen and oxygen atoms in total. The molecule has 0 aliphatic heterocycles. The molecule has 0 spiro atoms. The van der Waals surface area contributed by atoms with Gasteiger partial charge in [0.15, 0.2) is 0 Å². The summed E-state index contributed by atoms with van der Waals surface area (Å²) in [7, 11) is 0. The first kappa shape index (κ1) is 24.0. The molecule has 0 aliphatic rings. The lowest BCUT2D eigenvalue weighted by Crippen LogP contribution is -1.88. The van der Waals surface area contributed by atoms with Crippen LogP contribution in [0.1, 0.15) is 129 Å². The zero-order valence-corrected chi connectivity index (χ0v) is 18.5. The topological polar surface area (TPSA) is 0 Å². The van der Waals surface area contributed by atoms with E-state index in [0.29, 0.717) is 0 Å². The van der Waals surface area contributed by atoms with E-state index >= 15 is 0 Å². The van der Waals surface area contributed by atoms with Crippen molar-refractivity contribution in [3.05, 3.63) is 42.0 Å². The molecule has 0 bridgehead atoms. The molecule has 0 saturated heterocycles. The first-order chi connectivity index (χ1) is 13.4. The smallest absolute Gasteiger partial charge is 0.0228 e. The Bertz CT molecular complexity index is 442. The van der Waals surface area contributed by atoms with Crippen molar-refractivity contribution in [3.63, 3.8) is 0 Å². The second kappa shape index (κ2) is 18.3. The highest BCUT2D eigenvalue weighted by molar-refractivity contribution is 5.65. The van der Waals surface area contributed by atoms with E-state index < -0.39 is 0 Å². The Morgan fingerprint density at radius 3 is 1.63 bits per heavy atom. The molecule has 0 N–H and O–H groups in total. The number of rotatable bonds is 18. The van der Waals surface area contributed by atoms with Crippen molar-refractivity contribution in [2.45, 2.75) is 123 Å². The van der Waals surface area contributed by atoms with Gasteiger partial charge in [-0.3, -0.25) is 0 Å². The molecule has 0 amide bonds. The highest BCUT2D eigenvalue weighted by atomic mass is 14.1. The third-order valence-electron chi connectivity index (χ3n) is 5.64. The molecule has 1 aromatic carbocycles. The second-order valence-corrected chi connectivity index (χ2v) is 8.23. The van der Waals surface area contributed by atoms with Crippen LogP contribution in [0.15, 0.2) is 36.4 Å². The molecule has 0 aromatic heterocycles. The maximum absolute atomic E-state index is 2.54. The van der Waals surface area contributed by atoms with Crippen LogP contribution in [0.5, 0.6) is 0 Å². The summed E-state index contributed by atoms with van der Waals surface area (Å²) in [6.45, 7) is 4.59. The molecule has 27 heavy (non-hydrogen) atoms. The van der Waals surface area contributed by atoms with Crippen LogP contribution in [-0.2, 0) is 0 Å². The summed E-state index contributed by atoms with van der Waals surface area (Å²) in [4.78, 5) is 0. The van der Waals surface area contributed by atoms with E-state index in [2.05, 4.69) is 50.3 Å². The Morgan fingerprint density at radius 2 is 1.07 bits per heavy atom. The highest BCUT2D eigenvalue weighted by Gasteiger charge is 2.02. The minimum atomic E-state index is 1.26. The van der Waals surface area contributed by atoms with Crippen molar-refractivity contribution >= 4 is 5.57 Å². The molecule has 0 saturated carbocycles. The quantitative estimate of drug-likeness (QED) is 0.225. The monoisotopic (exact) mass is 370 g/mol. The predicted molar refractivity (Wildman–Crippen MR) is 124 cm³/mol. The third kappa shape index (κ3) is 13.7. The van der Waals surface area contributed by atoms with E-state index in [1.807, 2.05) is 0 Å². The van der Waals surface area contributed by atoms with Gasteiger partial charge in [-0.2, -0.15) is 0 Å². The normalized spacial score (nSPS) is 11.9. The van der Waals surface area contributed by atoms with Gasteiger partial charge in [0.25, 0.3) is 0 Å². The molecule has 0 atom stereocenters. The van der Waals surface area contributed by atoms with Gasteiger partial charge in [0, 0.05) is 0 Å². The van der Waals surface area contributed by atoms with Gasteiger partial charge in [0.2, 0.25) is 0 Å². The number of hydrogen-bond acceptors (Lipinski definition) is 0. The molecule has 0 unspecified atom stereocenters. The molecule has 0 fully saturated rings. The maximum Gasteiger partial charge on any atom is -0.0228 e. The predicted octanol–water partition coefficient (Wildman–Crippen LogP) is 9.74. The molecule has 0 aliphatic carbocycles. The van der Waals surface area contributed by atoms with Gasteiger partial charge in [-0.15, -0.1) is 0 Å². The first-order valence-electron chi connectivity index (χ1n) is 12.1. The van der Waals surface area contributed by atoms with Crippen molar-refractivity contribution in [2.24, 2.45) is 0 Å². The standard InChI is InChI=1S/C27H46/c1-3-5-7-9-11-13-15-18-22-26(27-24-20-17-21-25-27)23-19-16-14-12-10-8-6-4-2/h17,20-22,24-25H,3-16,18-19,23H2,1-2H3/b26-22+. The molecule has 1 rings (SSSR count). The van der Waals surface area contributed by atoms with Gasteiger partial charge in [0.05, 0.1) is 0 Å². The van der Waals surface area contributed by atoms with Gasteiger partial charge < -0.3 is 0 Å². The van der Waals surface area contributed by atoms with Crippen LogP contribution in [0.25, 0.3) is 5.57 Å². The summed E-state index contributed by atoms with van der Waals surface area (Å²) in [5.74, 6) is 0. The fourth-order valence-corrected chi connectivity index (χ4v) is 3.84. The summed E-state index contributed by atoms with van der Waals surface area (Å²) in [6.07, 6.45) is 26.1. The molecule has 1 aromatic rings. The van der Waals surface area contributed by atoms with E-state index in [-0.39, 0.29) is 0 Å². The number of benzene rings is 1. The Hall–Kier alpha value is -1.04. The summed E-state index contributed by atoms with van der Waals surface area (Å²) >= 11 is 0. The Kier molecular flexibility index (Phi) is 16.3. The van der Waals surface area contributed by atoms with Crippen molar-refractivity contribution in [2.75, 3.05) is 0 Å². The molecule has 154 valence electrons. The van der Waals surface area contributed by atoms with Crippen LogP contribution in [0.4, 0.5) is 0 Å². The second-order valence-electron chi connectivity index (χ2n) is 8.23. The summed E-state index contributed by atoms with van der Waals surface area (Å²) in [5, 5.41) is 0. The van der Waals surface area contributed by atoms with Gasteiger partial charge in [-0.05, 0) is 36.8 Å². The van der Waals surface area contributed by atoms with Crippen molar-refractivity contribution in [1.82, 2.24) is 0 Å². The fraction of sp³-hybridized carbons (Fsp3) is 0.704. The Morgan fingerprint density at radius 1 is 0.593 bits per heavy atom. The lowest BCUT2D eigenvalue weighted by molar-refractivity contribution is 0.578. The van der Waals surface area contributed by atoms with Gasteiger partial charge in [-0.25, -0.2) is 0 Å². The molecular formula is C27H46. The largest absolute Gasteiger partial charge is 0.0807 e. The van der Waals surface area contributed by atoms with Crippen LogP contribution < -0.4 is 0 Å². The average molecular weight is 371 g/mol. The number of hydrogen-bond donors (Lipinski definition) is 0. The van der Waals surface area contributed by atoms with Gasteiger partial charge >= 0.3 is 0 Å². The van der Waals surface area contributed by atoms with E-state index in [0.717, 1.165) is 0 Å².